The van der Waals surface area contributed by atoms with Crippen molar-refractivity contribution < 1.29 is 18.9 Å². The lowest BCUT2D eigenvalue weighted by molar-refractivity contribution is 0.346. The fraction of sp³-hybridized carbons (Fsp3) is 0.391. The molecule has 3 rings (SSSR count). The van der Waals surface area contributed by atoms with Gasteiger partial charge in [0.05, 0.1) is 32.8 Å². The Morgan fingerprint density at radius 3 is 2.31 bits per heavy atom. The first-order chi connectivity index (χ1) is 15.3. The van der Waals surface area contributed by atoms with Crippen molar-refractivity contribution >= 4 is 0 Å². The number of aromatic nitrogens is 1. The average Bonchev–Trinajstić information content (AvgIpc) is 2.76. The van der Waals surface area contributed by atoms with E-state index in [0.29, 0.717) is 47.2 Å². The van der Waals surface area contributed by atoms with Crippen LogP contribution in [-0.4, -0.2) is 51.4 Å². The molecule has 32 heavy (non-hydrogen) atoms. The highest BCUT2D eigenvalue weighted by molar-refractivity contribution is 5.61. The molecule has 0 amide bonds. The van der Waals surface area contributed by atoms with Crippen LogP contribution in [0.4, 0.5) is 0 Å². The van der Waals surface area contributed by atoms with Crippen molar-refractivity contribution in [1.82, 2.24) is 9.47 Å². The van der Waals surface area contributed by atoms with Crippen LogP contribution in [0.15, 0.2) is 34.4 Å². The maximum atomic E-state index is 13.7. The minimum Gasteiger partial charge on any atom is -0.496 e. The third kappa shape index (κ3) is 3.97. The summed E-state index contributed by atoms with van der Waals surface area (Å²) in [6.45, 7) is 3.00. The summed E-state index contributed by atoms with van der Waals surface area (Å²) in [6.07, 6.45) is 0. The number of rotatable bonds is 7. The number of nitrogens with two attached hydrogens (primary N) is 1. The molecule has 9 nitrogen and oxygen atoms in total. The minimum absolute atomic E-state index is 0.0494. The molecule has 0 bridgehead atoms. The molecule has 1 unspecified atom stereocenters. The average molecular weight is 441 g/mol. The van der Waals surface area contributed by atoms with Crippen molar-refractivity contribution in [1.29, 1.82) is 5.26 Å². The number of pyridine rings is 1. The largest absolute Gasteiger partial charge is 0.496 e. The number of aryl methyl sites for hydroxylation is 1. The predicted octanol–water partition coefficient (Wildman–Crippen LogP) is 1.96. The highest BCUT2D eigenvalue weighted by Gasteiger charge is 2.36. The summed E-state index contributed by atoms with van der Waals surface area (Å²) in [5, 5.41) is 9.92. The molecule has 1 aromatic heterocycles. The molecule has 2 N–H and O–H groups in total. The number of nitriles is 1. The smallest absolute Gasteiger partial charge is 0.258 e. The summed E-state index contributed by atoms with van der Waals surface area (Å²) in [5.41, 5.74) is 7.60. The van der Waals surface area contributed by atoms with Gasteiger partial charge in [-0.15, -0.1) is 0 Å². The Hall–Kier alpha value is -3.64. The third-order valence-corrected chi connectivity index (χ3v) is 5.51. The van der Waals surface area contributed by atoms with Crippen LogP contribution in [0.3, 0.4) is 0 Å². The molecule has 9 heteroatoms. The summed E-state index contributed by atoms with van der Waals surface area (Å²) in [5.74, 6) is 0.812. The van der Waals surface area contributed by atoms with Crippen molar-refractivity contribution in [2.45, 2.75) is 19.4 Å². The van der Waals surface area contributed by atoms with Crippen LogP contribution in [0, 0.1) is 18.3 Å². The molecule has 2 heterocycles. The SMILES string of the molecule is COc1cc(OC)c(C2C(C#N)=C(N)Oc3cc(C)n(CCN(C)C)c(=O)c32)cc1OC. The zero-order valence-electron chi connectivity index (χ0n) is 19.2. The number of hydrogen-bond donors (Lipinski definition) is 1. The van der Waals surface area contributed by atoms with Crippen LogP contribution in [0.1, 0.15) is 22.7 Å². The summed E-state index contributed by atoms with van der Waals surface area (Å²) in [6, 6.07) is 7.25. The van der Waals surface area contributed by atoms with E-state index in [1.165, 1.54) is 21.3 Å². The van der Waals surface area contributed by atoms with Gasteiger partial charge in [0.2, 0.25) is 5.88 Å². The first kappa shape index (κ1) is 23.0. The van der Waals surface area contributed by atoms with E-state index in [0.717, 1.165) is 5.69 Å². The molecule has 0 saturated heterocycles. The summed E-state index contributed by atoms with van der Waals surface area (Å²) >= 11 is 0. The molecule has 1 atom stereocenters. The molecule has 0 saturated carbocycles. The van der Waals surface area contributed by atoms with Gasteiger partial charge in [-0.1, -0.05) is 0 Å². The first-order valence-corrected chi connectivity index (χ1v) is 10.0. The normalized spacial score (nSPS) is 15.1. The maximum absolute atomic E-state index is 13.7. The van der Waals surface area contributed by atoms with Crippen LogP contribution in [-0.2, 0) is 6.54 Å². The molecule has 2 aromatic rings. The van der Waals surface area contributed by atoms with Gasteiger partial charge >= 0.3 is 0 Å². The van der Waals surface area contributed by atoms with Crippen LogP contribution in [0.2, 0.25) is 0 Å². The Morgan fingerprint density at radius 2 is 1.75 bits per heavy atom. The van der Waals surface area contributed by atoms with E-state index in [1.54, 1.807) is 22.8 Å². The fourth-order valence-corrected chi connectivity index (χ4v) is 3.85. The number of ether oxygens (including phenoxy) is 4. The van der Waals surface area contributed by atoms with E-state index >= 15 is 0 Å². The second kappa shape index (κ2) is 9.24. The Bertz CT molecular complexity index is 1160. The molecular formula is C23H28N4O5. The summed E-state index contributed by atoms with van der Waals surface area (Å²) in [7, 11) is 8.42. The van der Waals surface area contributed by atoms with Crippen molar-refractivity contribution in [2.24, 2.45) is 5.73 Å². The molecule has 0 fully saturated rings. The van der Waals surface area contributed by atoms with Gasteiger partial charge in [0.15, 0.2) is 11.5 Å². The molecule has 1 aromatic carbocycles. The van der Waals surface area contributed by atoms with E-state index in [4.69, 9.17) is 24.7 Å². The van der Waals surface area contributed by atoms with E-state index in [1.807, 2.05) is 25.9 Å². The van der Waals surface area contributed by atoms with Crippen molar-refractivity contribution in [3.05, 3.63) is 56.8 Å². The van der Waals surface area contributed by atoms with Crippen LogP contribution < -0.4 is 30.2 Å². The lowest BCUT2D eigenvalue weighted by atomic mass is 9.83. The van der Waals surface area contributed by atoms with Gasteiger partial charge in [-0.05, 0) is 27.1 Å². The van der Waals surface area contributed by atoms with Gasteiger partial charge in [-0.25, -0.2) is 0 Å². The minimum atomic E-state index is -0.794. The van der Waals surface area contributed by atoms with Gasteiger partial charge in [-0.2, -0.15) is 5.26 Å². The number of benzene rings is 1. The predicted molar refractivity (Wildman–Crippen MR) is 119 cm³/mol. The first-order valence-electron chi connectivity index (χ1n) is 10.0. The van der Waals surface area contributed by atoms with Crippen LogP contribution in [0.25, 0.3) is 0 Å². The number of likely N-dealkylation sites (N-methyl/N-ethyl adjacent to an activating group) is 1. The summed E-state index contributed by atoms with van der Waals surface area (Å²) in [4.78, 5) is 15.7. The molecule has 0 spiro atoms. The highest BCUT2D eigenvalue weighted by atomic mass is 16.5. The van der Waals surface area contributed by atoms with Crippen molar-refractivity contribution in [3.63, 3.8) is 0 Å². The monoisotopic (exact) mass is 440 g/mol. The Labute approximate surface area is 187 Å². The molecule has 170 valence electrons. The van der Waals surface area contributed by atoms with Crippen molar-refractivity contribution in [2.75, 3.05) is 42.0 Å². The van der Waals surface area contributed by atoms with E-state index in [9.17, 15) is 10.1 Å². The Kier molecular flexibility index (Phi) is 6.65. The van der Waals surface area contributed by atoms with E-state index in [-0.39, 0.29) is 17.0 Å². The van der Waals surface area contributed by atoms with Crippen LogP contribution >= 0.6 is 0 Å². The third-order valence-electron chi connectivity index (χ3n) is 5.51. The Morgan fingerprint density at radius 1 is 1.12 bits per heavy atom. The van der Waals surface area contributed by atoms with Crippen LogP contribution in [0.5, 0.6) is 23.0 Å². The topological polar surface area (TPSA) is 112 Å². The molecule has 1 aliphatic rings. The quantitative estimate of drug-likeness (QED) is 0.695. The summed E-state index contributed by atoms with van der Waals surface area (Å²) < 4.78 is 23.8. The maximum Gasteiger partial charge on any atom is 0.258 e. The van der Waals surface area contributed by atoms with E-state index in [2.05, 4.69) is 6.07 Å². The second-order valence-corrected chi connectivity index (χ2v) is 7.70. The van der Waals surface area contributed by atoms with Gasteiger partial charge in [-0.3, -0.25) is 4.79 Å². The standard InChI is InChI=1S/C23H28N4O5/c1-13-9-19-21(23(28)27(13)8-7-26(2)3)20(15(12-24)22(25)32-19)14-10-17(30-5)18(31-6)11-16(14)29-4/h9-11,20H,7-8,25H2,1-6H3. The lowest BCUT2D eigenvalue weighted by Gasteiger charge is -2.29. The highest BCUT2D eigenvalue weighted by Crippen LogP contribution is 2.46. The molecule has 1 aliphatic heterocycles. The molecule has 0 aliphatic carbocycles. The number of methoxy groups -OCH3 is 3. The second-order valence-electron chi connectivity index (χ2n) is 7.70. The number of nitrogens with zero attached hydrogens (tertiary/aromatic N) is 3. The molecular weight excluding hydrogens is 412 g/mol. The van der Waals surface area contributed by atoms with Gasteiger partial charge in [0.1, 0.15) is 23.1 Å². The van der Waals surface area contributed by atoms with Crippen molar-refractivity contribution in [3.8, 4) is 29.1 Å². The number of allylic oxidation sites excluding steroid dienone is 1. The van der Waals surface area contributed by atoms with Gasteiger partial charge in [0, 0.05) is 36.5 Å². The molecule has 0 radical (unpaired) electrons. The number of fused-ring (bicyclic) bond motifs is 1. The fourth-order valence-electron chi connectivity index (χ4n) is 3.85. The van der Waals surface area contributed by atoms with Gasteiger partial charge < -0.3 is 34.1 Å². The zero-order valence-corrected chi connectivity index (χ0v) is 19.2. The van der Waals surface area contributed by atoms with Gasteiger partial charge in [0.25, 0.3) is 5.56 Å². The zero-order chi connectivity index (χ0) is 23.6. The number of hydrogen-bond acceptors (Lipinski definition) is 8. The Balaban J connectivity index is 2.33. The lowest BCUT2D eigenvalue weighted by Crippen LogP contribution is -2.34. The van der Waals surface area contributed by atoms with E-state index < -0.39 is 5.92 Å².